The van der Waals surface area contributed by atoms with E-state index in [1.54, 1.807) is 4.57 Å². The lowest BCUT2D eigenvalue weighted by molar-refractivity contribution is -0.384. The van der Waals surface area contributed by atoms with Crippen LogP contribution in [0.15, 0.2) is 12.3 Å². The number of carbonyl (C=O) groups is 1. The number of hydrogen-bond donors (Lipinski definition) is 2. The van der Waals surface area contributed by atoms with E-state index in [0.29, 0.717) is 24.8 Å². The minimum atomic E-state index is -0.481. The van der Waals surface area contributed by atoms with Gasteiger partial charge in [0.2, 0.25) is 0 Å². The van der Waals surface area contributed by atoms with Crippen molar-refractivity contribution in [1.82, 2.24) is 15.2 Å². The molecule has 1 amide bonds. The first-order chi connectivity index (χ1) is 9.61. The van der Waals surface area contributed by atoms with Gasteiger partial charge in [-0.3, -0.25) is 14.9 Å². The number of aryl methyl sites for hydroxylation is 1. The highest BCUT2D eigenvalue weighted by Crippen LogP contribution is 2.16. The van der Waals surface area contributed by atoms with E-state index >= 15 is 0 Å². The minimum Gasteiger partial charge on any atom is -0.351 e. The number of carbonyl (C=O) groups excluding carboxylic acids is 1. The summed E-state index contributed by atoms with van der Waals surface area (Å²) < 4.78 is 1.60. The van der Waals surface area contributed by atoms with Crippen LogP contribution in [0.25, 0.3) is 0 Å². The molecule has 0 aliphatic carbocycles. The number of nitro groups is 1. The molecule has 1 saturated heterocycles. The Hall–Kier alpha value is -1.89. The van der Waals surface area contributed by atoms with E-state index in [2.05, 4.69) is 10.6 Å². The molecule has 1 aromatic rings. The van der Waals surface area contributed by atoms with Gasteiger partial charge < -0.3 is 15.2 Å². The first-order valence-corrected chi connectivity index (χ1v) is 6.98. The number of aromatic nitrogens is 1. The van der Waals surface area contributed by atoms with Crippen molar-refractivity contribution in [2.24, 2.45) is 0 Å². The van der Waals surface area contributed by atoms with Crippen LogP contribution in [0.2, 0.25) is 0 Å². The molecule has 1 aromatic heterocycles. The quantitative estimate of drug-likeness (QED) is 0.607. The van der Waals surface area contributed by atoms with Gasteiger partial charge in [0.05, 0.1) is 11.1 Å². The second-order valence-corrected chi connectivity index (χ2v) is 4.96. The lowest BCUT2D eigenvalue weighted by atomic mass is 10.1. The van der Waals surface area contributed by atoms with Gasteiger partial charge in [0.25, 0.3) is 11.6 Å². The van der Waals surface area contributed by atoms with Crippen molar-refractivity contribution in [1.29, 1.82) is 0 Å². The number of rotatable bonds is 6. The van der Waals surface area contributed by atoms with Gasteiger partial charge in [-0.2, -0.15) is 0 Å². The van der Waals surface area contributed by atoms with Crippen molar-refractivity contribution in [2.75, 3.05) is 13.1 Å². The molecule has 1 atom stereocenters. The molecule has 1 fully saturated rings. The SMILES string of the molecule is CCn1cc([N+](=O)[O-])cc1C(=O)NCCC1CCCN1. The van der Waals surface area contributed by atoms with E-state index in [9.17, 15) is 14.9 Å². The molecule has 1 aliphatic rings. The third-order valence-corrected chi connectivity index (χ3v) is 3.61. The number of nitrogens with zero attached hydrogens (tertiary/aromatic N) is 2. The van der Waals surface area contributed by atoms with Gasteiger partial charge in [-0.05, 0) is 32.7 Å². The summed E-state index contributed by atoms with van der Waals surface area (Å²) in [5, 5.41) is 16.9. The molecule has 1 unspecified atom stereocenters. The van der Waals surface area contributed by atoms with Gasteiger partial charge in [-0.1, -0.05) is 0 Å². The molecule has 7 heteroatoms. The second-order valence-electron chi connectivity index (χ2n) is 4.96. The van der Waals surface area contributed by atoms with Crippen LogP contribution < -0.4 is 10.6 Å². The van der Waals surface area contributed by atoms with E-state index in [-0.39, 0.29) is 11.6 Å². The number of hydrogen-bond acceptors (Lipinski definition) is 4. The van der Waals surface area contributed by atoms with Crippen LogP contribution in [0, 0.1) is 10.1 Å². The maximum atomic E-state index is 12.1. The van der Waals surface area contributed by atoms with Crippen LogP contribution in [-0.4, -0.2) is 34.5 Å². The van der Waals surface area contributed by atoms with Gasteiger partial charge >= 0.3 is 0 Å². The molecule has 0 aromatic carbocycles. The summed E-state index contributed by atoms with van der Waals surface area (Å²) in [6.45, 7) is 4.01. The molecule has 1 aliphatic heterocycles. The predicted octanol–water partition coefficient (Wildman–Crippen LogP) is 1.29. The van der Waals surface area contributed by atoms with Gasteiger partial charge in [-0.15, -0.1) is 0 Å². The number of nitrogens with one attached hydrogen (secondary N) is 2. The van der Waals surface area contributed by atoms with Crippen molar-refractivity contribution < 1.29 is 9.72 Å². The zero-order chi connectivity index (χ0) is 14.5. The lowest BCUT2D eigenvalue weighted by Crippen LogP contribution is -2.31. The molecular formula is C13H20N4O3. The molecule has 110 valence electrons. The van der Waals surface area contributed by atoms with Crippen LogP contribution in [0.4, 0.5) is 5.69 Å². The van der Waals surface area contributed by atoms with Gasteiger partial charge in [-0.25, -0.2) is 0 Å². The van der Waals surface area contributed by atoms with E-state index in [1.807, 2.05) is 6.92 Å². The Labute approximate surface area is 117 Å². The molecular weight excluding hydrogens is 260 g/mol. The molecule has 2 heterocycles. The average Bonchev–Trinajstić information content (AvgIpc) is 3.07. The smallest absolute Gasteiger partial charge is 0.287 e. The summed E-state index contributed by atoms with van der Waals surface area (Å²) >= 11 is 0. The van der Waals surface area contributed by atoms with Crippen molar-refractivity contribution in [3.05, 3.63) is 28.1 Å². The molecule has 2 rings (SSSR count). The Morgan fingerprint density at radius 2 is 2.45 bits per heavy atom. The van der Waals surface area contributed by atoms with Crippen molar-refractivity contribution in [3.8, 4) is 0 Å². The fourth-order valence-corrected chi connectivity index (χ4v) is 2.50. The maximum absolute atomic E-state index is 12.1. The second kappa shape index (κ2) is 6.51. The minimum absolute atomic E-state index is 0.0468. The average molecular weight is 280 g/mol. The Morgan fingerprint density at radius 1 is 1.65 bits per heavy atom. The van der Waals surface area contributed by atoms with Crippen LogP contribution in [0.5, 0.6) is 0 Å². The standard InChI is InChI=1S/C13H20N4O3/c1-2-16-9-11(17(19)20)8-12(16)13(18)15-7-5-10-4-3-6-14-10/h8-10,14H,2-7H2,1H3,(H,15,18). The van der Waals surface area contributed by atoms with Crippen molar-refractivity contribution in [3.63, 3.8) is 0 Å². The van der Waals surface area contributed by atoms with Crippen molar-refractivity contribution >= 4 is 11.6 Å². The molecule has 7 nitrogen and oxygen atoms in total. The van der Waals surface area contributed by atoms with Crippen LogP contribution >= 0.6 is 0 Å². The summed E-state index contributed by atoms with van der Waals surface area (Å²) in [5.41, 5.74) is 0.299. The largest absolute Gasteiger partial charge is 0.351 e. The third kappa shape index (κ3) is 3.36. The van der Waals surface area contributed by atoms with Gasteiger partial charge in [0.1, 0.15) is 5.69 Å². The topological polar surface area (TPSA) is 89.2 Å². The maximum Gasteiger partial charge on any atom is 0.287 e. The summed E-state index contributed by atoms with van der Waals surface area (Å²) in [6.07, 6.45) is 4.62. The molecule has 20 heavy (non-hydrogen) atoms. The first kappa shape index (κ1) is 14.5. The summed E-state index contributed by atoms with van der Waals surface area (Å²) in [6, 6.07) is 1.80. The van der Waals surface area contributed by atoms with Crippen LogP contribution in [-0.2, 0) is 6.54 Å². The van der Waals surface area contributed by atoms with E-state index < -0.39 is 4.92 Å². The van der Waals surface area contributed by atoms with Crippen LogP contribution in [0.1, 0.15) is 36.7 Å². The Kier molecular flexibility index (Phi) is 4.73. The summed E-state index contributed by atoms with van der Waals surface area (Å²) in [4.78, 5) is 22.3. The normalized spacial score (nSPS) is 18.1. The van der Waals surface area contributed by atoms with E-state index in [0.717, 1.165) is 19.4 Å². The Balaban J connectivity index is 1.92. The zero-order valence-corrected chi connectivity index (χ0v) is 11.6. The molecule has 0 spiro atoms. The molecule has 2 N–H and O–H groups in total. The number of amides is 1. The summed E-state index contributed by atoms with van der Waals surface area (Å²) in [5.74, 6) is -0.252. The molecule has 0 saturated carbocycles. The Bertz CT molecular complexity index is 492. The lowest BCUT2D eigenvalue weighted by Gasteiger charge is -2.11. The monoisotopic (exact) mass is 280 g/mol. The third-order valence-electron chi connectivity index (χ3n) is 3.61. The van der Waals surface area contributed by atoms with Crippen molar-refractivity contribution in [2.45, 2.75) is 38.8 Å². The molecule has 0 radical (unpaired) electrons. The fourth-order valence-electron chi connectivity index (χ4n) is 2.50. The van der Waals surface area contributed by atoms with E-state index in [1.165, 1.54) is 18.7 Å². The summed E-state index contributed by atoms with van der Waals surface area (Å²) in [7, 11) is 0. The van der Waals surface area contributed by atoms with Gasteiger partial charge in [0.15, 0.2) is 0 Å². The fraction of sp³-hybridized carbons (Fsp3) is 0.615. The van der Waals surface area contributed by atoms with Crippen LogP contribution in [0.3, 0.4) is 0 Å². The van der Waals surface area contributed by atoms with E-state index in [4.69, 9.17) is 0 Å². The highest BCUT2D eigenvalue weighted by Gasteiger charge is 2.19. The first-order valence-electron chi connectivity index (χ1n) is 6.98. The predicted molar refractivity (Wildman–Crippen MR) is 74.7 cm³/mol. The highest BCUT2D eigenvalue weighted by atomic mass is 16.6. The molecule has 0 bridgehead atoms. The highest BCUT2D eigenvalue weighted by molar-refractivity contribution is 5.93. The zero-order valence-electron chi connectivity index (χ0n) is 11.6. The Morgan fingerprint density at radius 3 is 3.05 bits per heavy atom. The van der Waals surface area contributed by atoms with Gasteiger partial charge in [0, 0.05) is 25.2 Å².